The van der Waals surface area contributed by atoms with Crippen molar-refractivity contribution in [2.75, 3.05) is 31.2 Å². The molecule has 7 heteroatoms. The summed E-state index contributed by atoms with van der Waals surface area (Å²) in [4.78, 5) is 4.40. The summed E-state index contributed by atoms with van der Waals surface area (Å²) in [5.74, 6) is 0.791. The number of aliphatic imine (C=N–C) groups is 1. The van der Waals surface area contributed by atoms with E-state index in [9.17, 15) is 8.42 Å². The van der Waals surface area contributed by atoms with Crippen molar-refractivity contribution in [1.29, 1.82) is 0 Å². The Morgan fingerprint density at radius 1 is 1.39 bits per heavy atom. The number of nitrogens with two attached hydrogens (primary N) is 1. The van der Waals surface area contributed by atoms with E-state index in [1.807, 2.05) is 12.1 Å². The van der Waals surface area contributed by atoms with Crippen LogP contribution in [0.25, 0.3) is 0 Å². The van der Waals surface area contributed by atoms with Gasteiger partial charge in [-0.15, -0.1) is 0 Å². The molecule has 0 radical (unpaired) electrons. The van der Waals surface area contributed by atoms with Crippen LogP contribution in [-0.2, 0) is 16.4 Å². The van der Waals surface area contributed by atoms with Gasteiger partial charge >= 0.3 is 0 Å². The maximum Gasteiger partial charge on any atom is 0.211 e. The summed E-state index contributed by atoms with van der Waals surface area (Å²) in [6.45, 7) is 3.89. The Kier molecular flexibility index (Phi) is 6.01. The highest BCUT2D eigenvalue weighted by Gasteiger charge is 2.24. The summed E-state index contributed by atoms with van der Waals surface area (Å²) in [6, 6.07) is 8.10. The van der Waals surface area contributed by atoms with Crippen LogP contribution >= 0.6 is 0 Å². The Morgan fingerprint density at radius 3 is 2.70 bits per heavy atom. The summed E-state index contributed by atoms with van der Waals surface area (Å²) < 4.78 is 24.5. The van der Waals surface area contributed by atoms with E-state index in [2.05, 4.69) is 29.4 Å². The summed E-state index contributed by atoms with van der Waals surface area (Å²) in [7, 11) is -3.07. The molecule has 3 N–H and O–H groups in total. The van der Waals surface area contributed by atoms with Crippen LogP contribution in [0.5, 0.6) is 0 Å². The van der Waals surface area contributed by atoms with E-state index in [4.69, 9.17) is 5.73 Å². The van der Waals surface area contributed by atoms with Gasteiger partial charge in [-0.05, 0) is 42.9 Å². The molecule has 0 unspecified atom stereocenters. The highest BCUT2D eigenvalue weighted by Crippen LogP contribution is 2.19. The predicted octanol–water partition coefficient (Wildman–Crippen LogP) is 1.65. The highest BCUT2D eigenvalue weighted by atomic mass is 32.2. The van der Waals surface area contributed by atoms with Crippen LogP contribution in [0.4, 0.5) is 5.69 Å². The molecule has 0 bridgehead atoms. The molecule has 0 spiro atoms. The van der Waals surface area contributed by atoms with Gasteiger partial charge in [-0.1, -0.05) is 19.1 Å². The number of anilines is 1. The normalized spacial score (nSPS) is 18.1. The SMILES string of the molecule is CCc1cccc(NC(N)=NCC2CCN(S(C)(=O)=O)CC2)c1. The Morgan fingerprint density at radius 2 is 2.09 bits per heavy atom. The Hall–Kier alpha value is -1.60. The van der Waals surface area contributed by atoms with E-state index in [0.717, 1.165) is 24.9 Å². The molecule has 1 aromatic rings. The maximum absolute atomic E-state index is 11.5. The lowest BCUT2D eigenvalue weighted by molar-refractivity contribution is 0.280. The van der Waals surface area contributed by atoms with Gasteiger partial charge in [0.25, 0.3) is 0 Å². The number of sulfonamides is 1. The van der Waals surface area contributed by atoms with E-state index in [0.29, 0.717) is 31.5 Å². The van der Waals surface area contributed by atoms with Crippen LogP contribution in [0, 0.1) is 5.92 Å². The lowest BCUT2D eigenvalue weighted by atomic mass is 9.98. The molecule has 128 valence electrons. The smallest absolute Gasteiger partial charge is 0.211 e. The van der Waals surface area contributed by atoms with Crippen molar-refractivity contribution in [2.24, 2.45) is 16.6 Å². The fourth-order valence-corrected chi connectivity index (χ4v) is 3.58. The maximum atomic E-state index is 11.5. The first kappa shape index (κ1) is 17.7. The summed E-state index contributed by atoms with van der Waals surface area (Å²) >= 11 is 0. The number of guanidine groups is 1. The quantitative estimate of drug-likeness (QED) is 0.631. The zero-order valence-electron chi connectivity index (χ0n) is 13.8. The number of hydrogen-bond acceptors (Lipinski definition) is 3. The molecule has 0 amide bonds. The van der Waals surface area contributed by atoms with Gasteiger partial charge in [0.15, 0.2) is 5.96 Å². The number of rotatable bonds is 5. The molecule has 0 aromatic heterocycles. The molecule has 1 heterocycles. The average Bonchev–Trinajstić information content (AvgIpc) is 2.52. The van der Waals surface area contributed by atoms with Crippen molar-refractivity contribution in [1.82, 2.24) is 4.31 Å². The number of benzene rings is 1. The molecule has 1 saturated heterocycles. The van der Waals surface area contributed by atoms with E-state index in [1.165, 1.54) is 16.1 Å². The van der Waals surface area contributed by atoms with E-state index in [-0.39, 0.29) is 0 Å². The number of piperidine rings is 1. The van der Waals surface area contributed by atoms with E-state index in [1.54, 1.807) is 0 Å². The van der Waals surface area contributed by atoms with Crippen molar-refractivity contribution in [3.05, 3.63) is 29.8 Å². The molecule has 2 rings (SSSR count). The monoisotopic (exact) mass is 338 g/mol. The Labute approximate surface area is 138 Å². The van der Waals surface area contributed by atoms with Crippen molar-refractivity contribution in [3.8, 4) is 0 Å². The van der Waals surface area contributed by atoms with E-state index >= 15 is 0 Å². The lowest BCUT2D eigenvalue weighted by Gasteiger charge is -2.29. The fourth-order valence-electron chi connectivity index (χ4n) is 2.71. The van der Waals surface area contributed by atoms with Crippen molar-refractivity contribution in [2.45, 2.75) is 26.2 Å². The molecule has 1 aromatic carbocycles. The summed E-state index contributed by atoms with van der Waals surface area (Å²) in [5.41, 5.74) is 8.13. The van der Waals surface area contributed by atoms with Crippen LogP contribution in [0.15, 0.2) is 29.3 Å². The molecular weight excluding hydrogens is 312 g/mol. The van der Waals surface area contributed by atoms with Gasteiger partial charge in [0.1, 0.15) is 0 Å². The molecule has 0 saturated carbocycles. The van der Waals surface area contributed by atoms with Crippen LogP contribution in [0.1, 0.15) is 25.3 Å². The lowest BCUT2D eigenvalue weighted by Crippen LogP contribution is -2.38. The Bertz CT molecular complexity index is 650. The third-order valence-electron chi connectivity index (χ3n) is 4.17. The van der Waals surface area contributed by atoms with Crippen molar-refractivity contribution in [3.63, 3.8) is 0 Å². The van der Waals surface area contributed by atoms with Gasteiger partial charge in [-0.2, -0.15) is 0 Å². The van der Waals surface area contributed by atoms with Gasteiger partial charge in [-0.3, -0.25) is 4.99 Å². The van der Waals surface area contributed by atoms with Gasteiger partial charge in [-0.25, -0.2) is 12.7 Å². The second-order valence-corrected chi connectivity index (χ2v) is 7.99. The number of nitrogens with one attached hydrogen (secondary N) is 1. The first-order valence-electron chi connectivity index (χ1n) is 7.99. The third-order valence-corrected chi connectivity index (χ3v) is 5.47. The fraction of sp³-hybridized carbons (Fsp3) is 0.562. The molecule has 0 aliphatic carbocycles. The Balaban J connectivity index is 1.83. The second-order valence-electron chi connectivity index (χ2n) is 6.01. The zero-order valence-corrected chi connectivity index (χ0v) is 14.6. The van der Waals surface area contributed by atoms with Gasteiger partial charge < -0.3 is 11.1 Å². The third kappa shape index (κ3) is 5.51. The topological polar surface area (TPSA) is 87.8 Å². The summed E-state index contributed by atoms with van der Waals surface area (Å²) in [5, 5.41) is 3.11. The minimum atomic E-state index is -3.07. The van der Waals surface area contributed by atoms with Crippen molar-refractivity contribution >= 4 is 21.7 Å². The van der Waals surface area contributed by atoms with E-state index < -0.39 is 10.0 Å². The minimum Gasteiger partial charge on any atom is -0.370 e. The predicted molar refractivity (Wildman–Crippen MR) is 95.1 cm³/mol. The first-order chi connectivity index (χ1) is 10.9. The number of hydrogen-bond donors (Lipinski definition) is 2. The highest BCUT2D eigenvalue weighted by molar-refractivity contribution is 7.88. The van der Waals surface area contributed by atoms with Crippen molar-refractivity contribution < 1.29 is 8.42 Å². The zero-order chi connectivity index (χ0) is 16.9. The molecule has 0 atom stereocenters. The summed E-state index contributed by atoms with van der Waals surface area (Å²) in [6.07, 6.45) is 3.90. The van der Waals surface area contributed by atoms with Crippen LogP contribution < -0.4 is 11.1 Å². The first-order valence-corrected chi connectivity index (χ1v) is 9.84. The average molecular weight is 338 g/mol. The van der Waals surface area contributed by atoms with Crippen LogP contribution in [0.3, 0.4) is 0 Å². The molecule has 1 aliphatic rings. The van der Waals surface area contributed by atoms with Gasteiger partial charge in [0.05, 0.1) is 6.26 Å². The van der Waals surface area contributed by atoms with Crippen LogP contribution in [0.2, 0.25) is 0 Å². The van der Waals surface area contributed by atoms with Gasteiger partial charge in [0, 0.05) is 25.3 Å². The minimum absolute atomic E-state index is 0.385. The second kappa shape index (κ2) is 7.79. The largest absolute Gasteiger partial charge is 0.370 e. The van der Waals surface area contributed by atoms with Gasteiger partial charge in [0.2, 0.25) is 10.0 Å². The molecule has 6 nitrogen and oxygen atoms in total. The molecular formula is C16H26N4O2S. The number of nitrogens with zero attached hydrogens (tertiary/aromatic N) is 2. The van der Waals surface area contributed by atoms with Crippen LogP contribution in [-0.4, -0.2) is 44.6 Å². The molecule has 23 heavy (non-hydrogen) atoms. The standard InChI is InChI=1S/C16H26N4O2S/c1-3-13-5-4-6-15(11-13)19-16(17)18-12-14-7-9-20(10-8-14)23(2,21)22/h4-6,11,14H,3,7-10,12H2,1-2H3,(H3,17,18,19). The molecule has 1 fully saturated rings. The number of aryl methyl sites for hydroxylation is 1. The molecule has 1 aliphatic heterocycles.